The summed E-state index contributed by atoms with van der Waals surface area (Å²) < 4.78 is 6.62. The molecule has 6 rings (SSSR count). The fourth-order valence-electron chi connectivity index (χ4n) is 5.64. The van der Waals surface area contributed by atoms with Crippen LogP contribution in [0.2, 0.25) is 10.0 Å². The van der Waals surface area contributed by atoms with Crippen LogP contribution in [0.25, 0.3) is 39.2 Å². The Bertz CT molecular complexity index is 2120. The molecule has 1 aliphatic rings. The van der Waals surface area contributed by atoms with Gasteiger partial charge in [0.2, 0.25) is 11.8 Å². The zero-order chi connectivity index (χ0) is 33.2. The maximum atomic E-state index is 13.4. The molecule has 0 bridgehead atoms. The van der Waals surface area contributed by atoms with Crippen LogP contribution < -0.4 is 15.6 Å². The summed E-state index contributed by atoms with van der Waals surface area (Å²) in [6.07, 6.45) is 3.30. The van der Waals surface area contributed by atoms with Gasteiger partial charge in [0, 0.05) is 53.7 Å². The SMILES string of the molecule is COc1nc(-c2cccc(-c3cccc(-c4ccn5c(=O)c(CN(C[C@@H]6CCC(=O)N6)C(=O)O)cnc5c4)c3Cl)c2Cl)ccc1C=O. The van der Waals surface area contributed by atoms with Gasteiger partial charge in [0.1, 0.15) is 5.65 Å². The van der Waals surface area contributed by atoms with Crippen molar-refractivity contribution < 1.29 is 24.2 Å². The van der Waals surface area contributed by atoms with Gasteiger partial charge in [0.25, 0.3) is 5.56 Å². The number of nitrogens with zero attached hydrogens (tertiary/aromatic N) is 4. The summed E-state index contributed by atoms with van der Waals surface area (Å²) in [4.78, 5) is 58.2. The number of benzene rings is 2. The van der Waals surface area contributed by atoms with E-state index in [1.807, 2.05) is 36.4 Å². The largest absolute Gasteiger partial charge is 0.480 e. The molecule has 4 heterocycles. The molecule has 0 unspecified atom stereocenters. The first kappa shape index (κ1) is 31.7. The maximum Gasteiger partial charge on any atom is 0.407 e. The summed E-state index contributed by atoms with van der Waals surface area (Å²) in [5.41, 5.74) is 4.32. The standard InChI is InChI=1S/C34H27Cl2N5O6/c1-47-32-20(18-42)8-10-27(39-32)26-7-3-6-25(31(26)36)24-5-2-4-23(30(24)35)19-12-13-41-28(14-19)37-15-21(33(41)44)16-40(34(45)46)17-22-9-11-29(43)38-22/h2-8,10,12-15,18,22H,9,11,16-17H2,1H3,(H,38,43)(H,45,46)/t22-/m0/s1. The number of rotatable bonds is 9. The summed E-state index contributed by atoms with van der Waals surface area (Å²) in [7, 11) is 1.44. The van der Waals surface area contributed by atoms with Crippen molar-refractivity contribution in [3.05, 3.63) is 105 Å². The molecule has 0 aliphatic carbocycles. The minimum Gasteiger partial charge on any atom is -0.480 e. The normalized spacial score (nSPS) is 14.2. The van der Waals surface area contributed by atoms with Gasteiger partial charge in [-0.1, -0.05) is 59.6 Å². The van der Waals surface area contributed by atoms with Crippen molar-refractivity contribution in [3.63, 3.8) is 0 Å². The number of halogens is 2. The lowest BCUT2D eigenvalue weighted by atomic mass is 9.97. The molecule has 0 saturated carbocycles. The molecule has 1 aliphatic heterocycles. The van der Waals surface area contributed by atoms with Gasteiger partial charge in [0.15, 0.2) is 6.29 Å². The summed E-state index contributed by atoms with van der Waals surface area (Å²) in [5, 5.41) is 13.3. The van der Waals surface area contributed by atoms with Crippen LogP contribution in [-0.4, -0.2) is 62.4 Å². The Hall–Kier alpha value is -5.26. The first-order valence-corrected chi connectivity index (χ1v) is 15.3. The van der Waals surface area contributed by atoms with E-state index in [1.54, 1.807) is 30.5 Å². The van der Waals surface area contributed by atoms with Crippen LogP contribution >= 0.6 is 23.2 Å². The third kappa shape index (κ3) is 6.27. The number of carbonyl (C=O) groups is 3. The molecule has 2 amide bonds. The number of fused-ring (bicyclic) bond motifs is 1. The van der Waals surface area contributed by atoms with Crippen molar-refractivity contribution in [2.24, 2.45) is 0 Å². The van der Waals surface area contributed by atoms with Gasteiger partial charge in [-0.25, -0.2) is 14.8 Å². The van der Waals surface area contributed by atoms with Crippen LogP contribution in [0.1, 0.15) is 28.8 Å². The van der Waals surface area contributed by atoms with Gasteiger partial charge < -0.3 is 20.1 Å². The number of amides is 2. The first-order valence-electron chi connectivity index (χ1n) is 14.5. The van der Waals surface area contributed by atoms with Crippen molar-refractivity contribution in [2.75, 3.05) is 13.7 Å². The maximum absolute atomic E-state index is 13.4. The van der Waals surface area contributed by atoms with Gasteiger partial charge >= 0.3 is 6.09 Å². The molecule has 0 spiro atoms. The number of carboxylic acid groups (broad SMARTS) is 1. The lowest BCUT2D eigenvalue weighted by molar-refractivity contribution is -0.119. The van der Waals surface area contributed by atoms with Crippen LogP contribution in [0.3, 0.4) is 0 Å². The highest BCUT2D eigenvalue weighted by Gasteiger charge is 2.26. The lowest BCUT2D eigenvalue weighted by Crippen LogP contribution is -2.42. The zero-order valence-corrected chi connectivity index (χ0v) is 26.5. The van der Waals surface area contributed by atoms with E-state index in [0.717, 1.165) is 4.90 Å². The Morgan fingerprint density at radius 3 is 2.43 bits per heavy atom. The van der Waals surface area contributed by atoms with Crippen molar-refractivity contribution in [1.29, 1.82) is 0 Å². The Labute approximate surface area is 278 Å². The average molecular weight is 673 g/mol. The molecule has 13 heteroatoms. The zero-order valence-electron chi connectivity index (χ0n) is 24.9. The van der Waals surface area contributed by atoms with E-state index in [1.165, 1.54) is 17.7 Å². The van der Waals surface area contributed by atoms with Crippen molar-refractivity contribution in [3.8, 4) is 39.4 Å². The summed E-state index contributed by atoms with van der Waals surface area (Å²) in [6.45, 7) is -0.101. The van der Waals surface area contributed by atoms with Crippen molar-refractivity contribution in [2.45, 2.75) is 25.4 Å². The van der Waals surface area contributed by atoms with E-state index in [-0.39, 0.29) is 36.5 Å². The number of aldehydes is 1. The number of hydrogen-bond donors (Lipinski definition) is 2. The summed E-state index contributed by atoms with van der Waals surface area (Å²) >= 11 is 13.9. The average Bonchev–Trinajstić information content (AvgIpc) is 3.49. The van der Waals surface area contributed by atoms with E-state index in [2.05, 4.69) is 15.3 Å². The van der Waals surface area contributed by atoms with Crippen LogP contribution in [0.4, 0.5) is 4.79 Å². The molecule has 11 nitrogen and oxygen atoms in total. The summed E-state index contributed by atoms with van der Waals surface area (Å²) in [5.74, 6) is 0.0693. The number of aromatic nitrogens is 3. The van der Waals surface area contributed by atoms with Gasteiger partial charge in [-0.15, -0.1) is 0 Å². The van der Waals surface area contributed by atoms with Crippen LogP contribution in [0, 0.1) is 0 Å². The van der Waals surface area contributed by atoms with E-state index in [0.29, 0.717) is 73.9 Å². The first-order chi connectivity index (χ1) is 22.7. The van der Waals surface area contributed by atoms with Gasteiger partial charge in [-0.05, 0) is 36.2 Å². The molecule has 2 aromatic carbocycles. The van der Waals surface area contributed by atoms with Crippen molar-refractivity contribution in [1.82, 2.24) is 24.6 Å². The van der Waals surface area contributed by atoms with Crippen molar-refractivity contribution >= 4 is 47.1 Å². The van der Waals surface area contributed by atoms with Gasteiger partial charge in [-0.2, -0.15) is 0 Å². The van der Waals surface area contributed by atoms with Crippen LogP contribution in [-0.2, 0) is 11.3 Å². The molecule has 1 fully saturated rings. The Balaban J connectivity index is 1.31. The molecule has 3 aromatic heterocycles. The molecular weight excluding hydrogens is 645 g/mol. The second kappa shape index (κ2) is 13.2. The number of hydrogen-bond acceptors (Lipinski definition) is 7. The molecule has 238 valence electrons. The van der Waals surface area contributed by atoms with E-state index < -0.39 is 11.7 Å². The number of pyridine rings is 2. The van der Waals surface area contributed by atoms with Crippen LogP contribution in [0.5, 0.6) is 5.88 Å². The highest BCUT2D eigenvalue weighted by Crippen LogP contribution is 2.42. The number of carbonyl (C=O) groups excluding carboxylic acids is 2. The minimum absolute atomic E-state index is 0.0705. The topological polar surface area (TPSA) is 143 Å². The molecular formula is C34H27Cl2N5O6. The Kier molecular flexibility index (Phi) is 8.93. The molecule has 47 heavy (non-hydrogen) atoms. The number of methoxy groups -OCH3 is 1. The number of ether oxygens (including phenoxy) is 1. The monoisotopic (exact) mass is 671 g/mol. The quantitative estimate of drug-likeness (QED) is 0.182. The lowest BCUT2D eigenvalue weighted by Gasteiger charge is -2.22. The molecule has 0 radical (unpaired) electrons. The van der Waals surface area contributed by atoms with E-state index >= 15 is 0 Å². The molecule has 5 aromatic rings. The molecule has 1 atom stereocenters. The highest BCUT2D eigenvalue weighted by molar-refractivity contribution is 6.39. The van der Waals surface area contributed by atoms with Gasteiger partial charge in [-0.3, -0.25) is 18.8 Å². The smallest absolute Gasteiger partial charge is 0.407 e. The van der Waals surface area contributed by atoms with Gasteiger partial charge in [0.05, 0.1) is 40.5 Å². The third-order valence-electron chi connectivity index (χ3n) is 8.02. The predicted molar refractivity (Wildman–Crippen MR) is 177 cm³/mol. The Morgan fingerprint density at radius 1 is 1.06 bits per heavy atom. The molecule has 2 N–H and O–H groups in total. The van der Waals surface area contributed by atoms with E-state index in [9.17, 15) is 24.3 Å². The second-order valence-corrected chi connectivity index (χ2v) is 11.7. The Morgan fingerprint density at radius 2 is 1.77 bits per heavy atom. The fourth-order valence-corrected chi connectivity index (χ4v) is 6.30. The molecule has 1 saturated heterocycles. The second-order valence-electron chi connectivity index (χ2n) is 10.9. The van der Waals surface area contributed by atoms with E-state index in [4.69, 9.17) is 27.9 Å². The third-order valence-corrected chi connectivity index (χ3v) is 8.84. The number of nitrogens with one attached hydrogen (secondary N) is 1. The highest BCUT2D eigenvalue weighted by atomic mass is 35.5. The predicted octanol–water partition coefficient (Wildman–Crippen LogP) is 5.98. The summed E-state index contributed by atoms with van der Waals surface area (Å²) in [6, 6.07) is 17.5. The van der Waals surface area contributed by atoms with Crippen LogP contribution in [0.15, 0.2) is 77.9 Å². The fraction of sp³-hybridized carbons (Fsp3) is 0.176. The minimum atomic E-state index is -1.20.